The van der Waals surface area contributed by atoms with E-state index in [4.69, 9.17) is 4.74 Å². The summed E-state index contributed by atoms with van der Waals surface area (Å²) in [6.45, 7) is 2.43. The Kier molecular flexibility index (Phi) is 4.20. The second-order valence-corrected chi connectivity index (χ2v) is 8.56. The highest BCUT2D eigenvalue weighted by Gasteiger charge is 2.32. The van der Waals surface area contributed by atoms with Crippen LogP contribution in [0, 0.1) is 0 Å². The lowest BCUT2D eigenvalue weighted by Crippen LogP contribution is -2.41. The van der Waals surface area contributed by atoms with Crippen LogP contribution in [0.4, 0.5) is 5.69 Å². The van der Waals surface area contributed by atoms with E-state index in [1.807, 2.05) is 13.0 Å². The minimum Gasteiger partial charge on any atom is -0.454 e. The fourth-order valence-electron chi connectivity index (χ4n) is 3.47. The SMILES string of the molecule is C[C@@H]1CCCCN1S(=O)(=O)c1ccc2c(c1)C(=O)Nc1ccccc1O2. The number of nitrogens with zero attached hydrogens (tertiary/aromatic N) is 1. The molecule has 1 amide bonds. The van der Waals surface area contributed by atoms with Crippen molar-refractivity contribution >= 4 is 21.6 Å². The number of nitrogens with one attached hydrogen (secondary N) is 1. The van der Waals surface area contributed by atoms with E-state index in [-0.39, 0.29) is 22.4 Å². The first-order valence-electron chi connectivity index (χ1n) is 8.71. The number of fused-ring (bicyclic) bond motifs is 2. The van der Waals surface area contributed by atoms with Crippen LogP contribution >= 0.6 is 0 Å². The number of carbonyl (C=O) groups excluding carboxylic acids is 1. The molecule has 2 aromatic carbocycles. The second-order valence-electron chi connectivity index (χ2n) is 6.67. The fraction of sp³-hybridized carbons (Fsp3) is 0.316. The van der Waals surface area contributed by atoms with Crippen LogP contribution in [0.15, 0.2) is 47.4 Å². The van der Waals surface area contributed by atoms with Gasteiger partial charge < -0.3 is 10.1 Å². The highest BCUT2D eigenvalue weighted by Crippen LogP contribution is 2.37. The van der Waals surface area contributed by atoms with Gasteiger partial charge in [-0.1, -0.05) is 18.6 Å². The maximum atomic E-state index is 13.0. The zero-order valence-corrected chi connectivity index (χ0v) is 15.3. The molecule has 1 N–H and O–H groups in total. The van der Waals surface area contributed by atoms with E-state index < -0.39 is 10.0 Å². The summed E-state index contributed by atoms with van der Waals surface area (Å²) in [5.41, 5.74) is 0.773. The summed E-state index contributed by atoms with van der Waals surface area (Å²) in [6, 6.07) is 11.5. The molecule has 4 rings (SSSR count). The molecule has 0 spiro atoms. The zero-order chi connectivity index (χ0) is 18.3. The first-order valence-corrected chi connectivity index (χ1v) is 10.1. The monoisotopic (exact) mass is 372 g/mol. The lowest BCUT2D eigenvalue weighted by Gasteiger charge is -2.32. The number of para-hydroxylation sites is 2. The van der Waals surface area contributed by atoms with Gasteiger partial charge in [-0.05, 0) is 50.1 Å². The van der Waals surface area contributed by atoms with Gasteiger partial charge in [0.15, 0.2) is 5.75 Å². The molecule has 2 heterocycles. The normalized spacial score (nSPS) is 20.3. The largest absolute Gasteiger partial charge is 0.454 e. The molecule has 0 unspecified atom stereocenters. The molecule has 1 fully saturated rings. The van der Waals surface area contributed by atoms with Gasteiger partial charge in [-0.2, -0.15) is 4.31 Å². The highest BCUT2D eigenvalue weighted by atomic mass is 32.2. The summed E-state index contributed by atoms with van der Waals surface area (Å²) >= 11 is 0. The van der Waals surface area contributed by atoms with Crippen LogP contribution in [0.5, 0.6) is 11.5 Å². The number of sulfonamides is 1. The fourth-order valence-corrected chi connectivity index (χ4v) is 5.19. The average molecular weight is 372 g/mol. The average Bonchev–Trinajstić information content (AvgIpc) is 2.77. The molecule has 1 atom stereocenters. The molecule has 2 aliphatic rings. The van der Waals surface area contributed by atoms with E-state index in [9.17, 15) is 13.2 Å². The van der Waals surface area contributed by atoms with Gasteiger partial charge in [0.1, 0.15) is 5.75 Å². The van der Waals surface area contributed by atoms with E-state index in [2.05, 4.69) is 5.32 Å². The minimum absolute atomic E-state index is 0.0399. The van der Waals surface area contributed by atoms with Crippen molar-refractivity contribution in [3.8, 4) is 11.5 Å². The minimum atomic E-state index is -3.65. The highest BCUT2D eigenvalue weighted by molar-refractivity contribution is 7.89. The number of carbonyl (C=O) groups is 1. The van der Waals surface area contributed by atoms with Gasteiger partial charge in [0.25, 0.3) is 5.91 Å². The second kappa shape index (κ2) is 6.41. The molecule has 0 radical (unpaired) electrons. The van der Waals surface area contributed by atoms with E-state index in [0.717, 1.165) is 19.3 Å². The molecule has 0 bridgehead atoms. The Balaban J connectivity index is 1.74. The van der Waals surface area contributed by atoms with Crippen molar-refractivity contribution in [2.24, 2.45) is 0 Å². The lowest BCUT2D eigenvalue weighted by atomic mass is 10.1. The number of amides is 1. The molecule has 136 valence electrons. The third kappa shape index (κ3) is 2.87. The van der Waals surface area contributed by atoms with E-state index in [1.165, 1.54) is 16.4 Å². The smallest absolute Gasteiger partial charge is 0.259 e. The Morgan fingerprint density at radius 2 is 1.92 bits per heavy atom. The van der Waals surface area contributed by atoms with Crippen LogP contribution in [0.2, 0.25) is 0 Å². The molecular weight excluding hydrogens is 352 g/mol. The first kappa shape index (κ1) is 17.1. The van der Waals surface area contributed by atoms with E-state index in [0.29, 0.717) is 23.7 Å². The first-order chi connectivity index (χ1) is 12.5. The van der Waals surface area contributed by atoms with Crippen molar-refractivity contribution in [3.63, 3.8) is 0 Å². The topological polar surface area (TPSA) is 75.7 Å². The molecule has 0 aromatic heterocycles. The van der Waals surface area contributed by atoms with Gasteiger partial charge in [0.2, 0.25) is 10.0 Å². The van der Waals surface area contributed by atoms with Crippen molar-refractivity contribution in [2.75, 3.05) is 11.9 Å². The van der Waals surface area contributed by atoms with Crippen molar-refractivity contribution < 1.29 is 17.9 Å². The molecule has 6 nitrogen and oxygen atoms in total. The quantitative estimate of drug-likeness (QED) is 0.874. The molecule has 2 aliphatic heterocycles. The Hall–Kier alpha value is -2.38. The number of piperidine rings is 1. The van der Waals surface area contributed by atoms with Crippen molar-refractivity contribution in [3.05, 3.63) is 48.0 Å². The Morgan fingerprint density at radius 3 is 2.73 bits per heavy atom. The standard InChI is InChI=1S/C19H20N2O4S/c1-13-6-4-5-11-21(13)26(23,24)14-9-10-17-15(12-14)19(22)20-16-7-2-3-8-18(16)25-17/h2-3,7-10,12-13H,4-6,11H2,1H3,(H,20,22)/t13-/m1/s1. The third-order valence-electron chi connectivity index (χ3n) is 4.90. The Labute approximate surface area is 152 Å². The summed E-state index contributed by atoms with van der Waals surface area (Å²) in [7, 11) is -3.65. The summed E-state index contributed by atoms with van der Waals surface area (Å²) in [5.74, 6) is 0.492. The van der Waals surface area contributed by atoms with Crippen LogP contribution in [0.1, 0.15) is 36.5 Å². The Bertz CT molecular complexity index is 971. The molecule has 7 heteroatoms. The molecule has 0 saturated carbocycles. The van der Waals surface area contributed by atoms with Crippen LogP contribution in [-0.4, -0.2) is 31.2 Å². The van der Waals surface area contributed by atoms with Crippen molar-refractivity contribution in [2.45, 2.75) is 37.1 Å². The van der Waals surface area contributed by atoms with Gasteiger partial charge >= 0.3 is 0 Å². The summed E-state index contributed by atoms with van der Waals surface area (Å²) < 4.78 is 33.4. The Morgan fingerprint density at radius 1 is 1.12 bits per heavy atom. The van der Waals surface area contributed by atoms with Gasteiger partial charge in [0.05, 0.1) is 16.1 Å². The van der Waals surface area contributed by atoms with Gasteiger partial charge in [-0.15, -0.1) is 0 Å². The van der Waals surface area contributed by atoms with Gasteiger partial charge in [-0.25, -0.2) is 8.42 Å². The number of hydrogen-bond acceptors (Lipinski definition) is 4. The van der Waals surface area contributed by atoms with Crippen LogP contribution in [-0.2, 0) is 10.0 Å². The number of benzene rings is 2. The lowest BCUT2D eigenvalue weighted by molar-refractivity contribution is 0.102. The maximum absolute atomic E-state index is 13.0. The summed E-state index contributed by atoms with van der Waals surface area (Å²) in [4.78, 5) is 12.7. The maximum Gasteiger partial charge on any atom is 0.259 e. The number of ether oxygens (including phenoxy) is 1. The van der Waals surface area contributed by atoms with Crippen LogP contribution in [0.3, 0.4) is 0 Å². The number of rotatable bonds is 2. The number of hydrogen-bond donors (Lipinski definition) is 1. The summed E-state index contributed by atoms with van der Waals surface area (Å²) in [5, 5.41) is 2.77. The van der Waals surface area contributed by atoms with E-state index in [1.54, 1.807) is 24.3 Å². The molecule has 0 aliphatic carbocycles. The molecule has 1 saturated heterocycles. The molecule has 26 heavy (non-hydrogen) atoms. The van der Waals surface area contributed by atoms with Gasteiger partial charge in [-0.3, -0.25) is 4.79 Å². The van der Waals surface area contributed by atoms with Crippen molar-refractivity contribution in [1.29, 1.82) is 0 Å². The third-order valence-corrected chi connectivity index (χ3v) is 6.91. The van der Waals surface area contributed by atoms with E-state index >= 15 is 0 Å². The van der Waals surface area contributed by atoms with Crippen LogP contribution in [0.25, 0.3) is 0 Å². The zero-order valence-electron chi connectivity index (χ0n) is 14.4. The van der Waals surface area contributed by atoms with Gasteiger partial charge in [0, 0.05) is 12.6 Å². The van der Waals surface area contributed by atoms with Crippen LogP contribution < -0.4 is 10.1 Å². The molecular formula is C19H20N2O4S. The predicted molar refractivity (Wildman–Crippen MR) is 98.1 cm³/mol. The van der Waals surface area contributed by atoms with Crippen molar-refractivity contribution in [1.82, 2.24) is 4.31 Å². The molecule has 2 aromatic rings. The predicted octanol–water partition coefficient (Wildman–Crippen LogP) is 3.61. The summed E-state index contributed by atoms with van der Waals surface area (Å²) in [6.07, 6.45) is 2.74. The number of anilines is 1.